The van der Waals surface area contributed by atoms with Gasteiger partial charge in [-0.05, 0) is 40.6 Å². The molecule has 0 unspecified atom stereocenters. The zero-order valence-electron chi connectivity index (χ0n) is 14.5. The van der Waals surface area contributed by atoms with Crippen LogP contribution in [0.3, 0.4) is 0 Å². The number of nitrogens with one attached hydrogen (secondary N) is 1. The van der Waals surface area contributed by atoms with Gasteiger partial charge in [-0.15, -0.1) is 0 Å². The molecular formula is C19H16BrN5O2. The van der Waals surface area contributed by atoms with Crippen LogP contribution < -0.4 is 5.32 Å². The van der Waals surface area contributed by atoms with E-state index in [-0.39, 0.29) is 6.61 Å². The van der Waals surface area contributed by atoms with Crippen molar-refractivity contribution in [3.8, 4) is 0 Å². The molecule has 1 N–H and O–H groups in total. The van der Waals surface area contributed by atoms with Gasteiger partial charge >= 0.3 is 5.97 Å². The van der Waals surface area contributed by atoms with Gasteiger partial charge in [-0.1, -0.05) is 63.5 Å². The van der Waals surface area contributed by atoms with Crippen molar-refractivity contribution < 1.29 is 9.53 Å². The van der Waals surface area contributed by atoms with Crippen molar-refractivity contribution in [3.05, 3.63) is 81.5 Å². The zero-order chi connectivity index (χ0) is 18.8. The number of nitrogens with zero attached hydrogens (tertiary/aromatic N) is 4. The van der Waals surface area contributed by atoms with Crippen LogP contribution >= 0.6 is 15.9 Å². The lowest BCUT2D eigenvalue weighted by atomic mass is 9.96. The van der Waals surface area contributed by atoms with Crippen LogP contribution in [-0.4, -0.2) is 26.2 Å². The third-order valence-corrected chi connectivity index (χ3v) is 4.86. The SMILES string of the molecule is CC1=C(C(=O)OCc2ccccc2)[C@H](c2ccc(Br)cc2)n2nnnc2N1. The quantitative estimate of drug-likeness (QED) is 0.644. The second-order valence-corrected chi connectivity index (χ2v) is 7.04. The number of carbonyl (C=O) groups is 1. The third-order valence-electron chi connectivity index (χ3n) is 4.33. The fourth-order valence-corrected chi connectivity index (χ4v) is 3.30. The van der Waals surface area contributed by atoms with Gasteiger partial charge in [0.15, 0.2) is 0 Å². The number of esters is 1. The fraction of sp³-hybridized carbons (Fsp3) is 0.158. The molecule has 0 radical (unpaired) electrons. The maximum atomic E-state index is 13.0. The molecule has 0 fully saturated rings. The largest absolute Gasteiger partial charge is 0.457 e. The fourth-order valence-electron chi connectivity index (χ4n) is 3.03. The highest BCUT2D eigenvalue weighted by atomic mass is 79.9. The summed E-state index contributed by atoms with van der Waals surface area (Å²) < 4.78 is 8.12. The van der Waals surface area contributed by atoms with Crippen LogP contribution in [0.1, 0.15) is 24.1 Å². The number of hydrogen-bond donors (Lipinski definition) is 1. The van der Waals surface area contributed by atoms with Crippen LogP contribution in [0.5, 0.6) is 0 Å². The molecule has 8 heteroatoms. The van der Waals surface area contributed by atoms with E-state index < -0.39 is 12.0 Å². The Hall–Kier alpha value is -3.00. The number of benzene rings is 2. The summed E-state index contributed by atoms with van der Waals surface area (Å²) in [6, 6.07) is 16.8. The predicted molar refractivity (Wildman–Crippen MR) is 103 cm³/mol. The van der Waals surface area contributed by atoms with E-state index in [0.29, 0.717) is 17.2 Å². The maximum absolute atomic E-state index is 13.0. The molecule has 1 aliphatic heterocycles. The van der Waals surface area contributed by atoms with Crippen molar-refractivity contribution in [2.75, 3.05) is 5.32 Å². The molecule has 0 saturated heterocycles. The Morgan fingerprint density at radius 1 is 1.19 bits per heavy atom. The van der Waals surface area contributed by atoms with Crippen LogP contribution in [0.15, 0.2) is 70.3 Å². The number of tetrazole rings is 1. The average Bonchev–Trinajstić information content (AvgIpc) is 3.14. The van der Waals surface area contributed by atoms with Gasteiger partial charge in [-0.3, -0.25) is 0 Å². The Balaban J connectivity index is 1.67. The summed E-state index contributed by atoms with van der Waals surface area (Å²) in [4.78, 5) is 13.0. The smallest absolute Gasteiger partial charge is 0.338 e. The second-order valence-electron chi connectivity index (χ2n) is 6.13. The molecular weight excluding hydrogens is 410 g/mol. The number of hydrogen-bond acceptors (Lipinski definition) is 6. The van der Waals surface area contributed by atoms with Crippen molar-refractivity contribution in [2.24, 2.45) is 0 Å². The number of ether oxygens (including phenoxy) is 1. The summed E-state index contributed by atoms with van der Waals surface area (Å²) >= 11 is 3.44. The lowest BCUT2D eigenvalue weighted by Gasteiger charge is -2.27. The molecule has 0 saturated carbocycles. The van der Waals surface area contributed by atoms with E-state index in [1.165, 1.54) is 0 Å². The lowest BCUT2D eigenvalue weighted by Crippen LogP contribution is -2.29. The van der Waals surface area contributed by atoms with Crippen LogP contribution in [-0.2, 0) is 16.1 Å². The molecule has 1 atom stereocenters. The highest BCUT2D eigenvalue weighted by Crippen LogP contribution is 2.35. The summed E-state index contributed by atoms with van der Waals surface area (Å²) in [6.07, 6.45) is 0. The summed E-state index contributed by atoms with van der Waals surface area (Å²) in [7, 11) is 0. The first kappa shape index (κ1) is 17.4. The molecule has 0 amide bonds. The van der Waals surface area contributed by atoms with Gasteiger partial charge < -0.3 is 10.1 Å². The van der Waals surface area contributed by atoms with E-state index in [2.05, 4.69) is 36.8 Å². The summed E-state index contributed by atoms with van der Waals surface area (Å²) in [5.41, 5.74) is 2.96. The van der Waals surface area contributed by atoms with Crippen molar-refractivity contribution in [2.45, 2.75) is 19.6 Å². The summed E-state index contributed by atoms with van der Waals surface area (Å²) in [5, 5.41) is 14.9. The van der Waals surface area contributed by atoms with Crippen LogP contribution in [0.2, 0.25) is 0 Å². The summed E-state index contributed by atoms with van der Waals surface area (Å²) in [6.45, 7) is 2.02. The Kier molecular flexibility index (Phi) is 4.72. The number of carbonyl (C=O) groups excluding carboxylic acids is 1. The van der Waals surface area contributed by atoms with Gasteiger partial charge in [0, 0.05) is 10.2 Å². The minimum Gasteiger partial charge on any atom is -0.457 e. The topological polar surface area (TPSA) is 81.9 Å². The number of anilines is 1. The molecule has 1 aliphatic rings. The van der Waals surface area contributed by atoms with Gasteiger partial charge in [-0.25, -0.2) is 4.79 Å². The molecule has 1 aromatic heterocycles. The number of halogens is 1. The maximum Gasteiger partial charge on any atom is 0.338 e. The first-order chi connectivity index (χ1) is 13.1. The van der Waals surface area contributed by atoms with Crippen molar-refractivity contribution in [1.82, 2.24) is 20.2 Å². The van der Waals surface area contributed by atoms with Gasteiger partial charge in [0.2, 0.25) is 5.95 Å². The third kappa shape index (κ3) is 3.48. The first-order valence-corrected chi connectivity index (χ1v) is 9.15. The standard InChI is InChI=1S/C19H16BrN5O2/c1-12-16(18(26)27-11-13-5-3-2-4-6-13)17(14-7-9-15(20)10-8-14)25-19(21-12)22-23-24-25/h2-10,17H,11H2,1H3,(H,21,22,24)/t17-/m0/s1. The van der Waals surface area contributed by atoms with Crippen molar-refractivity contribution in [3.63, 3.8) is 0 Å². The Morgan fingerprint density at radius 2 is 1.93 bits per heavy atom. The second kappa shape index (κ2) is 7.32. The molecule has 27 heavy (non-hydrogen) atoms. The minimum atomic E-state index is -0.465. The monoisotopic (exact) mass is 425 g/mol. The average molecular weight is 426 g/mol. The number of rotatable bonds is 4. The molecule has 0 aliphatic carbocycles. The van der Waals surface area contributed by atoms with Crippen LogP contribution in [0, 0.1) is 0 Å². The van der Waals surface area contributed by atoms with Gasteiger partial charge in [0.1, 0.15) is 12.6 Å². The van der Waals surface area contributed by atoms with Crippen LogP contribution in [0.4, 0.5) is 5.95 Å². The molecule has 3 aromatic rings. The highest BCUT2D eigenvalue weighted by Gasteiger charge is 2.34. The normalized spacial score (nSPS) is 15.9. The molecule has 4 rings (SSSR count). The van der Waals surface area contributed by atoms with Gasteiger partial charge in [-0.2, -0.15) is 4.68 Å². The molecule has 2 aromatic carbocycles. The van der Waals surface area contributed by atoms with E-state index in [0.717, 1.165) is 15.6 Å². The van der Waals surface area contributed by atoms with E-state index >= 15 is 0 Å². The Labute approximate surface area is 164 Å². The zero-order valence-corrected chi connectivity index (χ0v) is 16.0. The van der Waals surface area contributed by atoms with Crippen molar-refractivity contribution >= 4 is 27.8 Å². The summed E-state index contributed by atoms with van der Waals surface area (Å²) in [5.74, 6) is 0.0814. The van der Waals surface area contributed by atoms with E-state index in [4.69, 9.17) is 4.74 Å². The lowest BCUT2D eigenvalue weighted by molar-refractivity contribution is -0.140. The molecule has 136 valence electrons. The number of fused-ring (bicyclic) bond motifs is 1. The van der Waals surface area contributed by atoms with E-state index in [9.17, 15) is 4.79 Å². The molecule has 7 nitrogen and oxygen atoms in total. The van der Waals surface area contributed by atoms with Gasteiger partial charge in [0.05, 0.1) is 5.57 Å². The number of aromatic nitrogens is 4. The highest BCUT2D eigenvalue weighted by molar-refractivity contribution is 9.10. The van der Waals surface area contributed by atoms with E-state index in [1.807, 2.05) is 61.5 Å². The predicted octanol–water partition coefficient (Wildman–Crippen LogP) is 3.47. The molecule has 0 spiro atoms. The molecule has 2 heterocycles. The Morgan fingerprint density at radius 3 is 2.67 bits per heavy atom. The molecule has 0 bridgehead atoms. The first-order valence-electron chi connectivity index (χ1n) is 8.35. The van der Waals surface area contributed by atoms with Crippen molar-refractivity contribution in [1.29, 1.82) is 0 Å². The van der Waals surface area contributed by atoms with Crippen LogP contribution in [0.25, 0.3) is 0 Å². The Bertz CT molecular complexity index is 998. The number of allylic oxidation sites excluding steroid dienone is 1. The minimum absolute atomic E-state index is 0.200. The van der Waals surface area contributed by atoms with Gasteiger partial charge in [0.25, 0.3) is 0 Å². The van der Waals surface area contributed by atoms with E-state index in [1.54, 1.807) is 4.68 Å².